The first-order valence-electron chi connectivity index (χ1n) is 3.85. The Morgan fingerprint density at radius 2 is 2.43 bits per heavy atom. The first kappa shape index (κ1) is 8.89. The molecular formula is C8H7N3O2S. The van der Waals surface area contributed by atoms with Crippen LogP contribution in [0, 0.1) is 0 Å². The lowest BCUT2D eigenvalue weighted by Gasteiger charge is -1.98. The van der Waals surface area contributed by atoms with Gasteiger partial charge in [0.2, 0.25) is 5.88 Å². The summed E-state index contributed by atoms with van der Waals surface area (Å²) in [5.74, 6) is 0.505. The van der Waals surface area contributed by atoms with Crippen LogP contribution in [-0.2, 0) is 0 Å². The molecule has 0 atom stereocenters. The summed E-state index contributed by atoms with van der Waals surface area (Å²) in [6, 6.07) is 3.50. The van der Waals surface area contributed by atoms with E-state index in [0.29, 0.717) is 10.9 Å². The van der Waals surface area contributed by atoms with Gasteiger partial charge in [-0.3, -0.25) is 4.79 Å². The first-order valence-corrected chi connectivity index (χ1v) is 4.67. The molecule has 2 heterocycles. The van der Waals surface area contributed by atoms with E-state index in [2.05, 4.69) is 15.2 Å². The molecule has 2 aromatic rings. The molecule has 0 aliphatic rings. The normalized spacial score (nSPS) is 10.1. The zero-order valence-corrected chi connectivity index (χ0v) is 8.17. The Balaban J connectivity index is 2.46. The summed E-state index contributed by atoms with van der Waals surface area (Å²) in [5.41, 5.74) is 0.820. The summed E-state index contributed by atoms with van der Waals surface area (Å²) in [5, 5.41) is 6.85. The van der Waals surface area contributed by atoms with E-state index in [1.807, 2.05) is 0 Å². The number of methoxy groups -OCH3 is 1. The fraction of sp³-hybridized carbons (Fsp3) is 0.125. The van der Waals surface area contributed by atoms with Crippen molar-refractivity contribution in [2.24, 2.45) is 0 Å². The Kier molecular flexibility index (Phi) is 2.28. The van der Waals surface area contributed by atoms with Crippen molar-refractivity contribution >= 4 is 11.3 Å². The number of hydrogen-bond acceptors (Lipinski definition) is 5. The topological polar surface area (TPSA) is 67.9 Å². The van der Waals surface area contributed by atoms with Crippen LogP contribution in [0.25, 0.3) is 10.6 Å². The van der Waals surface area contributed by atoms with E-state index in [1.165, 1.54) is 0 Å². The molecule has 0 amide bonds. The molecule has 0 radical (unpaired) electrons. The Morgan fingerprint density at radius 3 is 3.07 bits per heavy atom. The van der Waals surface area contributed by atoms with Crippen molar-refractivity contribution in [3.63, 3.8) is 0 Å². The minimum Gasteiger partial charge on any atom is -0.481 e. The molecule has 5 nitrogen and oxygen atoms in total. The molecule has 0 bridgehead atoms. The van der Waals surface area contributed by atoms with Crippen molar-refractivity contribution in [2.45, 2.75) is 0 Å². The maximum atomic E-state index is 10.9. The van der Waals surface area contributed by atoms with Crippen molar-refractivity contribution in [1.82, 2.24) is 15.2 Å². The van der Waals surface area contributed by atoms with Gasteiger partial charge in [0.15, 0.2) is 0 Å². The van der Waals surface area contributed by atoms with Crippen LogP contribution in [0.3, 0.4) is 0 Å². The van der Waals surface area contributed by atoms with E-state index in [9.17, 15) is 4.79 Å². The number of nitrogens with one attached hydrogen (secondary N) is 1. The molecule has 6 heteroatoms. The van der Waals surface area contributed by atoms with Crippen molar-refractivity contribution in [2.75, 3.05) is 7.11 Å². The van der Waals surface area contributed by atoms with E-state index in [1.54, 1.807) is 25.4 Å². The second-order valence-electron chi connectivity index (χ2n) is 2.51. The maximum absolute atomic E-state index is 10.9. The molecule has 2 aromatic heterocycles. The Hall–Kier alpha value is -1.69. The van der Waals surface area contributed by atoms with E-state index in [4.69, 9.17) is 4.74 Å². The summed E-state index contributed by atoms with van der Waals surface area (Å²) >= 11 is 1.05. The summed E-state index contributed by atoms with van der Waals surface area (Å²) in [6.07, 6.45) is 1.61. The number of H-pyrrole nitrogens is 1. The highest BCUT2D eigenvalue weighted by atomic mass is 32.1. The van der Waals surface area contributed by atoms with Gasteiger partial charge in [-0.25, -0.2) is 10.1 Å². The van der Waals surface area contributed by atoms with Crippen LogP contribution >= 0.6 is 11.3 Å². The lowest BCUT2D eigenvalue weighted by Crippen LogP contribution is -1.90. The highest BCUT2D eigenvalue weighted by Crippen LogP contribution is 2.20. The fourth-order valence-corrected chi connectivity index (χ4v) is 1.61. The van der Waals surface area contributed by atoms with Gasteiger partial charge in [0, 0.05) is 17.8 Å². The Labute approximate surface area is 83.4 Å². The molecular weight excluding hydrogens is 202 g/mol. The van der Waals surface area contributed by atoms with Crippen LogP contribution in [0.1, 0.15) is 0 Å². The molecule has 0 aromatic carbocycles. The van der Waals surface area contributed by atoms with Crippen molar-refractivity contribution in [3.05, 3.63) is 28.0 Å². The number of rotatable bonds is 2. The van der Waals surface area contributed by atoms with E-state index >= 15 is 0 Å². The van der Waals surface area contributed by atoms with E-state index in [0.717, 1.165) is 16.9 Å². The molecule has 1 N–H and O–H groups in total. The second kappa shape index (κ2) is 3.59. The van der Waals surface area contributed by atoms with Gasteiger partial charge in [-0.2, -0.15) is 5.10 Å². The van der Waals surface area contributed by atoms with Crippen LogP contribution in [0.5, 0.6) is 5.88 Å². The summed E-state index contributed by atoms with van der Waals surface area (Å²) in [7, 11) is 1.54. The lowest BCUT2D eigenvalue weighted by molar-refractivity contribution is 0.398. The lowest BCUT2D eigenvalue weighted by atomic mass is 10.3. The molecule has 0 saturated heterocycles. The quantitative estimate of drug-likeness (QED) is 0.798. The molecule has 0 saturated carbocycles. The second-order valence-corrected chi connectivity index (χ2v) is 3.47. The molecule has 0 aliphatic carbocycles. The van der Waals surface area contributed by atoms with Crippen LogP contribution in [-0.4, -0.2) is 22.3 Å². The van der Waals surface area contributed by atoms with E-state index < -0.39 is 0 Å². The molecule has 0 spiro atoms. The summed E-state index contributed by atoms with van der Waals surface area (Å²) < 4.78 is 4.96. The van der Waals surface area contributed by atoms with Gasteiger partial charge in [0.1, 0.15) is 5.01 Å². The zero-order chi connectivity index (χ0) is 9.97. The third-order valence-corrected chi connectivity index (χ3v) is 2.43. The van der Waals surface area contributed by atoms with Gasteiger partial charge in [-0.1, -0.05) is 11.3 Å². The monoisotopic (exact) mass is 209 g/mol. The molecule has 0 aliphatic heterocycles. The average Bonchev–Trinajstić information content (AvgIpc) is 2.65. The van der Waals surface area contributed by atoms with Crippen molar-refractivity contribution in [3.8, 4) is 16.5 Å². The Morgan fingerprint density at radius 1 is 1.57 bits per heavy atom. The van der Waals surface area contributed by atoms with Crippen LogP contribution in [0.2, 0.25) is 0 Å². The first-order chi connectivity index (χ1) is 6.79. The predicted octanol–water partition coefficient (Wildman–Crippen LogP) is 0.902. The minimum atomic E-state index is -0.171. The van der Waals surface area contributed by atoms with Gasteiger partial charge in [0.05, 0.1) is 7.11 Å². The molecule has 0 fully saturated rings. The summed E-state index contributed by atoms with van der Waals surface area (Å²) in [4.78, 5) is 14.7. The van der Waals surface area contributed by atoms with Gasteiger partial charge < -0.3 is 4.74 Å². The minimum absolute atomic E-state index is 0.171. The van der Waals surface area contributed by atoms with Gasteiger partial charge in [0.25, 0.3) is 0 Å². The smallest absolute Gasteiger partial charge is 0.322 e. The maximum Gasteiger partial charge on any atom is 0.322 e. The molecule has 2 rings (SSSR count). The van der Waals surface area contributed by atoms with Gasteiger partial charge >= 0.3 is 4.87 Å². The number of ether oxygens (including phenoxy) is 1. The number of hydrogen-bond donors (Lipinski definition) is 1. The number of aromatic nitrogens is 3. The SMILES string of the molecule is COc1cc(-c2n[nH]c(=O)s2)ccn1. The third kappa shape index (κ3) is 1.64. The van der Waals surface area contributed by atoms with Crippen LogP contribution in [0.4, 0.5) is 0 Å². The largest absolute Gasteiger partial charge is 0.481 e. The fourth-order valence-electron chi connectivity index (χ4n) is 1.01. The molecule has 72 valence electrons. The number of nitrogens with zero attached hydrogens (tertiary/aromatic N) is 2. The zero-order valence-electron chi connectivity index (χ0n) is 7.35. The van der Waals surface area contributed by atoms with Crippen LogP contribution < -0.4 is 9.61 Å². The molecule has 14 heavy (non-hydrogen) atoms. The average molecular weight is 209 g/mol. The number of pyridine rings is 1. The standard InChI is InChI=1S/C8H7N3O2S/c1-13-6-4-5(2-3-9-6)7-10-11-8(12)14-7/h2-4H,1H3,(H,11,12). The third-order valence-electron chi connectivity index (χ3n) is 1.63. The van der Waals surface area contributed by atoms with Crippen molar-refractivity contribution < 1.29 is 4.74 Å². The highest BCUT2D eigenvalue weighted by molar-refractivity contribution is 7.12. The Bertz CT molecular complexity index is 491. The summed E-state index contributed by atoms with van der Waals surface area (Å²) in [6.45, 7) is 0. The van der Waals surface area contributed by atoms with E-state index in [-0.39, 0.29) is 4.87 Å². The van der Waals surface area contributed by atoms with Crippen molar-refractivity contribution in [1.29, 1.82) is 0 Å². The highest BCUT2D eigenvalue weighted by Gasteiger charge is 2.04. The van der Waals surface area contributed by atoms with Crippen LogP contribution in [0.15, 0.2) is 23.1 Å². The number of aromatic amines is 1. The van der Waals surface area contributed by atoms with Gasteiger partial charge in [-0.15, -0.1) is 0 Å². The van der Waals surface area contributed by atoms with Gasteiger partial charge in [-0.05, 0) is 6.07 Å². The molecule has 0 unspecified atom stereocenters. The predicted molar refractivity (Wildman–Crippen MR) is 52.5 cm³/mol.